The number of benzene rings is 1. The minimum absolute atomic E-state index is 0.0323. The molecule has 0 aliphatic carbocycles. The average Bonchev–Trinajstić information content (AvgIpc) is 2.37. The number of anilines is 2. The molecule has 0 amide bonds. The zero-order chi connectivity index (χ0) is 15.8. The Kier molecular flexibility index (Phi) is 4.07. The summed E-state index contributed by atoms with van der Waals surface area (Å²) in [5.41, 5.74) is 4.71. The lowest BCUT2D eigenvalue weighted by Gasteiger charge is -2.36. The number of nitrogen functional groups attached to an aromatic ring is 1. The van der Waals surface area contributed by atoms with Crippen LogP contribution < -0.4 is 10.6 Å². The van der Waals surface area contributed by atoms with Gasteiger partial charge in [-0.2, -0.15) is 17.5 Å². The van der Waals surface area contributed by atoms with Crippen LogP contribution in [0.15, 0.2) is 18.2 Å². The van der Waals surface area contributed by atoms with Crippen molar-refractivity contribution in [3.63, 3.8) is 0 Å². The Bertz CT molecular complexity index is 623. The summed E-state index contributed by atoms with van der Waals surface area (Å²) in [4.78, 5) is 1.53. The molecule has 1 heterocycles. The van der Waals surface area contributed by atoms with Crippen LogP contribution in [0, 0.1) is 0 Å². The molecule has 5 nitrogen and oxygen atoms in total. The van der Waals surface area contributed by atoms with E-state index in [0.29, 0.717) is 0 Å². The molecule has 1 aromatic rings. The van der Waals surface area contributed by atoms with Gasteiger partial charge < -0.3 is 10.6 Å². The molecule has 0 bridgehead atoms. The maximum Gasteiger partial charge on any atom is 0.418 e. The van der Waals surface area contributed by atoms with Crippen molar-refractivity contribution in [2.45, 2.75) is 6.18 Å². The number of nitrogens with two attached hydrogens (primary N) is 1. The van der Waals surface area contributed by atoms with E-state index in [1.807, 2.05) is 0 Å². The van der Waals surface area contributed by atoms with Gasteiger partial charge in [0, 0.05) is 37.6 Å². The highest BCUT2D eigenvalue weighted by Crippen LogP contribution is 2.38. The number of alkyl halides is 3. The van der Waals surface area contributed by atoms with Crippen LogP contribution >= 0.6 is 0 Å². The Balaban J connectivity index is 2.25. The van der Waals surface area contributed by atoms with Gasteiger partial charge in [-0.3, -0.25) is 0 Å². The third kappa shape index (κ3) is 3.59. The summed E-state index contributed by atoms with van der Waals surface area (Å²) in [6.45, 7) is 0.751. The van der Waals surface area contributed by atoms with Crippen molar-refractivity contribution in [1.82, 2.24) is 4.31 Å². The molecule has 118 valence electrons. The van der Waals surface area contributed by atoms with E-state index < -0.39 is 21.8 Å². The quantitative estimate of drug-likeness (QED) is 0.835. The van der Waals surface area contributed by atoms with Gasteiger partial charge in [-0.25, -0.2) is 8.42 Å². The summed E-state index contributed by atoms with van der Waals surface area (Å²) >= 11 is 0. The Morgan fingerprint density at radius 2 is 1.71 bits per heavy atom. The van der Waals surface area contributed by atoms with Crippen LogP contribution in [0.2, 0.25) is 0 Å². The Labute approximate surface area is 121 Å². The highest BCUT2D eigenvalue weighted by atomic mass is 32.2. The zero-order valence-electron chi connectivity index (χ0n) is 11.4. The molecular weight excluding hydrogens is 307 g/mol. The zero-order valence-corrected chi connectivity index (χ0v) is 12.2. The molecule has 0 atom stereocenters. The fraction of sp³-hybridized carbons (Fsp3) is 0.500. The normalized spacial score (nSPS) is 18.0. The second-order valence-electron chi connectivity index (χ2n) is 4.92. The van der Waals surface area contributed by atoms with Crippen molar-refractivity contribution >= 4 is 21.4 Å². The van der Waals surface area contributed by atoms with Crippen molar-refractivity contribution < 1.29 is 21.6 Å². The fourth-order valence-corrected chi connectivity index (χ4v) is 3.14. The summed E-state index contributed by atoms with van der Waals surface area (Å²) < 4.78 is 63.3. The summed E-state index contributed by atoms with van der Waals surface area (Å²) in [6, 6.07) is 3.64. The molecule has 2 rings (SSSR count). The van der Waals surface area contributed by atoms with Crippen molar-refractivity contribution in [2.75, 3.05) is 43.1 Å². The maximum atomic E-state index is 13.1. The molecule has 2 N–H and O–H groups in total. The van der Waals surface area contributed by atoms with Crippen LogP contribution in [0.4, 0.5) is 24.5 Å². The molecule has 21 heavy (non-hydrogen) atoms. The number of halogens is 3. The largest absolute Gasteiger partial charge is 0.418 e. The maximum absolute atomic E-state index is 13.1. The van der Waals surface area contributed by atoms with Crippen molar-refractivity contribution in [3.8, 4) is 0 Å². The second kappa shape index (κ2) is 5.38. The molecule has 9 heteroatoms. The van der Waals surface area contributed by atoms with Crippen molar-refractivity contribution in [2.24, 2.45) is 0 Å². The van der Waals surface area contributed by atoms with E-state index >= 15 is 0 Å². The Morgan fingerprint density at radius 3 is 2.19 bits per heavy atom. The molecule has 1 aromatic carbocycles. The summed E-state index contributed by atoms with van der Waals surface area (Å²) in [5.74, 6) is 0. The van der Waals surface area contributed by atoms with Crippen LogP contribution in [-0.2, 0) is 16.2 Å². The Morgan fingerprint density at radius 1 is 1.14 bits per heavy atom. The van der Waals surface area contributed by atoms with E-state index in [9.17, 15) is 21.6 Å². The third-order valence-corrected chi connectivity index (χ3v) is 4.68. The summed E-state index contributed by atoms with van der Waals surface area (Å²) in [5, 5.41) is 0. The SMILES string of the molecule is CS(=O)(=O)N1CCN(c2ccc(N)cc2C(F)(F)F)CC1. The lowest BCUT2D eigenvalue weighted by Crippen LogP contribution is -2.48. The van der Waals surface area contributed by atoms with E-state index in [4.69, 9.17) is 5.73 Å². The molecule has 1 saturated heterocycles. The first-order valence-electron chi connectivity index (χ1n) is 6.26. The van der Waals surface area contributed by atoms with Gasteiger partial charge in [-0.15, -0.1) is 0 Å². The highest BCUT2D eigenvalue weighted by molar-refractivity contribution is 7.88. The van der Waals surface area contributed by atoms with Gasteiger partial charge in [0.1, 0.15) is 0 Å². The van der Waals surface area contributed by atoms with Gasteiger partial charge in [0.15, 0.2) is 0 Å². The summed E-state index contributed by atoms with van der Waals surface area (Å²) in [7, 11) is -3.31. The standard InChI is InChI=1S/C12H16F3N3O2S/c1-21(19,20)18-6-4-17(5-7-18)11-3-2-9(16)8-10(11)12(13,14)15/h2-3,8H,4-7,16H2,1H3. The van der Waals surface area contributed by atoms with E-state index in [1.54, 1.807) is 0 Å². The summed E-state index contributed by atoms with van der Waals surface area (Å²) in [6.07, 6.45) is -3.41. The molecule has 0 aromatic heterocycles. The predicted octanol–water partition coefficient (Wildman–Crippen LogP) is 1.37. The Hall–Kier alpha value is -1.48. The average molecular weight is 323 g/mol. The minimum atomic E-state index is -4.50. The van der Waals surface area contributed by atoms with Gasteiger partial charge in [-0.1, -0.05) is 0 Å². The van der Waals surface area contributed by atoms with Crippen molar-refractivity contribution in [3.05, 3.63) is 23.8 Å². The molecule has 0 spiro atoms. The first-order valence-corrected chi connectivity index (χ1v) is 8.10. The molecule has 1 fully saturated rings. The van der Waals surface area contributed by atoms with Gasteiger partial charge in [-0.05, 0) is 18.2 Å². The lowest BCUT2D eigenvalue weighted by atomic mass is 10.1. The number of piperazine rings is 1. The van der Waals surface area contributed by atoms with E-state index in [0.717, 1.165) is 12.3 Å². The monoisotopic (exact) mass is 323 g/mol. The van der Waals surface area contributed by atoms with E-state index in [2.05, 4.69) is 0 Å². The number of nitrogens with zero attached hydrogens (tertiary/aromatic N) is 2. The van der Waals surface area contributed by atoms with Gasteiger partial charge >= 0.3 is 6.18 Å². The lowest BCUT2D eigenvalue weighted by molar-refractivity contribution is -0.137. The number of hydrogen-bond donors (Lipinski definition) is 1. The van der Waals surface area contributed by atoms with Gasteiger partial charge in [0.2, 0.25) is 10.0 Å². The first-order chi connectivity index (χ1) is 9.59. The molecule has 0 unspecified atom stereocenters. The van der Waals surface area contributed by atoms with E-state index in [-0.39, 0.29) is 37.6 Å². The van der Waals surface area contributed by atoms with Crippen LogP contribution in [0.5, 0.6) is 0 Å². The number of sulfonamides is 1. The third-order valence-electron chi connectivity index (χ3n) is 3.37. The smallest absolute Gasteiger partial charge is 0.399 e. The van der Waals surface area contributed by atoms with Gasteiger partial charge in [0.05, 0.1) is 11.8 Å². The predicted molar refractivity (Wildman–Crippen MR) is 74.5 cm³/mol. The van der Waals surface area contributed by atoms with Crippen LogP contribution in [0.3, 0.4) is 0 Å². The topological polar surface area (TPSA) is 66.6 Å². The molecule has 0 radical (unpaired) electrons. The molecule has 1 aliphatic heterocycles. The van der Waals surface area contributed by atoms with Gasteiger partial charge in [0.25, 0.3) is 0 Å². The first kappa shape index (κ1) is 15.9. The fourth-order valence-electron chi connectivity index (χ4n) is 2.32. The van der Waals surface area contributed by atoms with Crippen molar-refractivity contribution in [1.29, 1.82) is 0 Å². The van der Waals surface area contributed by atoms with Crippen LogP contribution in [-0.4, -0.2) is 45.2 Å². The van der Waals surface area contributed by atoms with Crippen LogP contribution in [0.1, 0.15) is 5.56 Å². The molecule has 1 aliphatic rings. The molecular formula is C12H16F3N3O2S. The minimum Gasteiger partial charge on any atom is -0.399 e. The van der Waals surface area contributed by atoms with E-state index in [1.165, 1.54) is 21.3 Å². The van der Waals surface area contributed by atoms with Crippen LogP contribution in [0.25, 0.3) is 0 Å². The number of rotatable bonds is 2. The molecule has 0 saturated carbocycles. The second-order valence-corrected chi connectivity index (χ2v) is 6.91. The number of hydrogen-bond acceptors (Lipinski definition) is 4. The highest BCUT2D eigenvalue weighted by Gasteiger charge is 2.36.